The van der Waals surface area contributed by atoms with Gasteiger partial charge in [-0.05, 0) is 52.9 Å². The van der Waals surface area contributed by atoms with Crippen LogP contribution >= 0.6 is 0 Å². The molecule has 1 aromatic rings. The lowest BCUT2D eigenvalue weighted by molar-refractivity contribution is -0.121. The van der Waals surface area contributed by atoms with Gasteiger partial charge in [-0.25, -0.2) is 0 Å². The van der Waals surface area contributed by atoms with Crippen LogP contribution in [0.1, 0.15) is 42.5 Å². The number of amides is 2. The van der Waals surface area contributed by atoms with Crippen LogP contribution in [0.2, 0.25) is 0 Å². The lowest BCUT2D eigenvalue weighted by Crippen LogP contribution is -2.42. The average molecular weight is 360 g/mol. The third-order valence-corrected chi connectivity index (χ3v) is 5.37. The number of carbonyl (C=O) groups is 2. The zero-order valence-electron chi connectivity index (χ0n) is 15.3. The molecule has 0 unspecified atom stereocenters. The first kappa shape index (κ1) is 17.5. The first-order valence-electron chi connectivity index (χ1n) is 9.70. The molecule has 1 fully saturated rings. The van der Waals surface area contributed by atoms with Gasteiger partial charge in [-0.15, -0.1) is 0 Å². The van der Waals surface area contributed by atoms with Crippen molar-refractivity contribution in [3.63, 3.8) is 0 Å². The fraction of sp³-hybridized carbons (Fsp3) is 0.304. The molecule has 27 heavy (non-hydrogen) atoms. The molecule has 138 valence electrons. The van der Waals surface area contributed by atoms with Crippen molar-refractivity contribution in [2.75, 3.05) is 6.54 Å². The molecule has 3 aliphatic carbocycles. The maximum absolute atomic E-state index is 12.5. The second kappa shape index (κ2) is 7.78. The molecule has 0 radical (unpaired) electrons. The largest absolute Gasteiger partial charge is 0.352 e. The number of hydrogen-bond donors (Lipinski definition) is 2. The second-order valence-electron chi connectivity index (χ2n) is 7.31. The number of hydrogen-bond acceptors (Lipinski definition) is 2. The van der Waals surface area contributed by atoms with Gasteiger partial charge in [-0.3, -0.25) is 9.59 Å². The van der Waals surface area contributed by atoms with Gasteiger partial charge < -0.3 is 10.6 Å². The van der Waals surface area contributed by atoms with Crippen LogP contribution in [0.4, 0.5) is 0 Å². The molecule has 4 rings (SSSR count). The first-order valence-corrected chi connectivity index (χ1v) is 9.70. The SMILES string of the molecule is O=C(CNC(=O)c1ccc2cc3cccccc-3c2c1)NC1CCCCC1. The lowest BCUT2D eigenvalue weighted by atomic mass is 9.95. The Morgan fingerprint density at radius 1 is 0.926 bits per heavy atom. The molecule has 0 aromatic heterocycles. The van der Waals surface area contributed by atoms with Crippen LogP contribution < -0.4 is 10.6 Å². The highest BCUT2D eigenvalue weighted by Gasteiger charge is 2.17. The molecule has 3 aliphatic rings. The fourth-order valence-electron chi connectivity index (χ4n) is 3.94. The van der Waals surface area contributed by atoms with Crippen molar-refractivity contribution in [2.45, 2.75) is 38.1 Å². The molecular formula is C23H24N2O2. The average Bonchev–Trinajstić information content (AvgIpc) is 2.86. The molecule has 4 nitrogen and oxygen atoms in total. The summed E-state index contributed by atoms with van der Waals surface area (Å²) in [6.45, 7) is 0.0179. The van der Waals surface area contributed by atoms with Crippen LogP contribution in [-0.4, -0.2) is 24.4 Å². The monoisotopic (exact) mass is 360 g/mol. The molecule has 2 amide bonds. The third kappa shape index (κ3) is 3.95. The maximum Gasteiger partial charge on any atom is 0.251 e. The zero-order chi connectivity index (χ0) is 18.6. The van der Waals surface area contributed by atoms with Crippen molar-refractivity contribution < 1.29 is 9.59 Å². The molecule has 0 atom stereocenters. The lowest BCUT2D eigenvalue weighted by Gasteiger charge is -2.22. The molecular weight excluding hydrogens is 336 g/mol. The highest BCUT2D eigenvalue weighted by Crippen LogP contribution is 2.33. The van der Waals surface area contributed by atoms with E-state index in [1.807, 2.05) is 36.4 Å². The fourth-order valence-corrected chi connectivity index (χ4v) is 3.94. The Kier molecular flexibility index (Phi) is 5.05. The van der Waals surface area contributed by atoms with Crippen molar-refractivity contribution in [1.29, 1.82) is 0 Å². The molecule has 0 bridgehead atoms. The third-order valence-electron chi connectivity index (χ3n) is 5.37. The molecule has 0 aliphatic heterocycles. The van der Waals surface area contributed by atoms with E-state index in [0.717, 1.165) is 34.7 Å². The van der Waals surface area contributed by atoms with E-state index < -0.39 is 0 Å². The molecule has 0 saturated heterocycles. The van der Waals surface area contributed by atoms with Crippen molar-refractivity contribution in [1.82, 2.24) is 10.6 Å². The van der Waals surface area contributed by atoms with Gasteiger partial charge in [0.25, 0.3) is 5.91 Å². The van der Waals surface area contributed by atoms with Crippen LogP contribution in [0.3, 0.4) is 0 Å². The van der Waals surface area contributed by atoms with Gasteiger partial charge in [-0.2, -0.15) is 0 Å². The molecule has 2 N–H and O–H groups in total. The van der Waals surface area contributed by atoms with Gasteiger partial charge in [-0.1, -0.05) is 55.7 Å². The summed E-state index contributed by atoms with van der Waals surface area (Å²) in [7, 11) is 0. The van der Waals surface area contributed by atoms with Crippen molar-refractivity contribution in [2.24, 2.45) is 0 Å². The summed E-state index contributed by atoms with van der Waals surface area (Å²) in [5.41, 5.74) is 2.85. The Morgan fingerprint density at radius 2 is 1.74 bits per heavy atom. The van der Waals surface area contributed by atoms with E-state index in [2.05, 4.69) is 28.8 Å². The van der Waals surface area contributed by atoms with Crippen molar-refractivity contribution in [3.05, 3.63) is 60.2 Å². The summed E-state index contributed by atoms with van der Waals surface area (Å²) in [6.07, 6.45) is 5.67. The number of benzene rings is 1. The Bertz CT molecular complexity index is 944. The van der Waals surface area contributed by atoms with Crippen LogP contribution in [0.25, 0.3) is 21.9 Å². The van der Waals surface area contributed by atoms with E-state index in [-0.39, 0.29) is 24.4 Å². The van der Waals surface area contributed by atoms with Crippen LogP contribution in [0.15, 0.2) is 54.6 Å². The quantitative estimate of drug-likeness (QED) is 0.735. The Morgan fingerprint density at radius 3 is 2.59 bits per heavy atom. The van der Waals surface area contributed by atoms with Gasteiger partial charge in [0.15, 0.2) is 0 Å². The minimum Gasteiger partial charge on any atom is -0.352 e. The van der Waals surface area contributed by atoms with E-state index in [0.29, 0.717) is 5.56 Å². The van der Waals surface area contributed by atoms with Crippen LogP contribution in [-0.2, 0) is 4.79 Å². The predicted molar refractivity (Wildman–Crippen MR) is 108 cm³/mol. The predicted octanol–water partition coefficient (Wildman–Crippen LogP) is 4.12. The zero-order valence-corrected chi connectivity index (χ0v) is 15.3. The standard InChI is InChI=1S/C23H24N2O2/c26-22(25-19-8-4-2-5-9-19)15-24-23(27)18-12-11-17-13-16-7-3-1-6-10-20(16)21(17)14-18/h1,3,6-7,10-14,19H,2,4-5,8-9,15H2,(H,24,27)(H,25,26). The van der Waals surface area contributed by atoms with Gasteiger partial charge in [0, 0.05) is 11.6 Å². The van der Waals surface area contributed by atoms with Gasteiger partial charge in [0.1, 0.15) is 0 Å². The summed E-state index contributed by atoms with van der Waals surface area (Å²) in [4.78, 5) is 24.6. The van der Waals surface area contributed by atoms with Crippen molar-refractivity contribution >= 4 is 22.6 Å². The van der Waals surface area contributed by atoms with E-state index in [1.54, 1.807) is 0 Å². The normalized spacial score (nSPS) is 15.0. The van der Waals surface area contributed by atoms with Crippen LogP contribution in [0.5, 0.6) is 0 Å². The minimum absolute atomic E-state index is 0.0179. The topological polar surface area (TPSA) is 58.2 Å². The number of nitrogens with one attached hydrogen (secondary N) is 2. The Labute approximate surface area is 159 Å². The maximum atomic E-state index is 12.5. The van der Waals surface area contributed by atoms with Crippen LogP contribution in [0, 0.1) is 0 Å². The Hall–Kier alpha value is -2.88. The number of rotatable bonds is 4. The highest BCUT2D eigenvalue weighted by molar-refractivity contribution is 6.06. The summed E-state index contributed by atoms with van der Waals surface area (Å²) in [5.74, 6) is -0.326. The number of fused-ring (bicyclic) bond motifs is 3. The Balaban J connectivity index is 1.43. The van der Waals surface area contributed by atoms with Gasteiger partial charge >= 0.3 is 0 Å². The summed E-state index contributed by atoms with van der Waals surface area (Å²) >= 11 is 0. The smallest absolute Gasteiger partial charge is 0.251 e. The van der Waals surface area contributed by atoms with E-state index in [4.69, 9.17) is 0 Å². The molecule has 1 saturated carbocycles. The molecule has 4 heteroatoms. The summed E-state index contributed by atoms with van der Waals surface area (Å²) in [6, 6.07) is 18.2. The van der Waals surface area contributed by atoms with E-state index in [9.17, 15) is 9.59 Å². The van der Waals surface area contributed by atoms with Gasteiger partial charge in [0.2, 0.25) is 5.91 Å². The number of carbonyl (C=O) groups excluding carboxylic acids is 2. The summed E-state index contributed by atoms with van der Waals surface area (Å²) < 4.78 is 0. The van der Waals surface area contributed by atoms with E-state index in [1.165, 1.54) is 19.3 Å². The van der Waals surface area contributed by atoms with Gasteiger partial charge in [0.05, 0.1) is 6.54 Å². The molecule has 0 heterocycles. The summed E-state index contributed by atoms with van der Waals surface area (Å²) in [5, 5.41) is 7.94. The molecule has 1 aromatic carbocycles. The minimum atomic E-state index is -0.217. The molecule has 0 spiro atoms. The first-order chi connectivity index (χ1) is 13.2. The second-order valence-corrected chi connectivity index (χ2v) is 7.31. The van der Waals surface area contributed by atoms with Crippen molar-refractivity contribution in [3.8, 4) is 11.1 Å². The highest BCUT2D eigenvalue weighted by atomic mass is 16.2. The van der Waals surface area contributed by atoms with E-state index >= 15 is 0 Å².